The molecule has 4 aromatic rings. The van der Waals surface area contributed by atoms with Gasteiger partial charge in [0.05, 0.1) is 22.7 Å². The van der Waals surface area contributed by atoms with Crippen molar-refractivity contribution in [2.45, 2.75) is 40.7 Å². The summed E-state index contributed by atoms with van der Waals surface area (Å²) < 4.78 is 1.07. The molecule has 0 saturated carbocycles. The number of fused-ring (bicyclic) bond motifs is 1. The van der Waals surface area contributed by atoms with Crippen molar-refractivity contribution in [3.8, 4) is 0 Å². The second-order valence-electron chi connectivity index (χ2n) is 9.46. The molecule has 0 radical (unpaired) electrons. The Labute approximate surface area is 210 Å². The maximum Gasteiger partial charge on any atom is 0.234 e. The molecule has 6 heteroatoms. The van der Waals surface area contributed by atoms with E-state index in [1.165, 1.54) is 16.9 Å². The van der Waals surface area contributed by atoms with E-state index in [1.54, 1.807) is 9.80 Å². The fourth-order valence-corrected chi connectivity index (χ4v) is 5.98. The van der Waals surface area contributed by atoms with Crippen LogP contribution in [0.5, 0.6) is 0 Å². The largest absolute Gasteiger partial charge is 0.311 e. The molecule has 5 nitrogen and oxygen atoms in total. The molecule has 0 aliphatic carbocycles. The first-order chi connectivity index (χ1) is 16.8. The van der Waals surface area contributed by atoms with Crippen LogP contribution in [0.3, 0.4) is 0 Å². The van der Waals surface area contributed by atoms with E-state index >= 15 is 0 Å². The van der Waals surface area contributed by atoms with Crippen LogP contribution < -0.4 is 9.80 Å². The summed E-state index contributed by atoms with van der Waals surface area (Å²) in [5, 5.41) is 0.681. The Balaban J connectivity index is 1.49. The van der Waals surface area contributed by atoms with Gasteiger partial charge in [0, 0.05) is 18.7 Å². The fraction of sp³-hybridized carbons (Fsp3) is 0.276. The van der Waals surface area contributed by atoms with Crippen molar-refractivity contribution in [2.75, 3.05) is 16.3 Å². The lowest BCUT2D eigenvalue weighted by Gasteiger charge is -2.24. The summed E-state index contributed by atoms with van der Waals surface area (Å²) in [6.07, 6.45) is 0.209. The van der Waals surface area contributed by atoms with Gasteiger partial charge in [-0.3, -0.25) is 14.5 Å². The van der Waals surface area contributed by atoms with Crippen molar-refractivity contribution < 1.29 is 9.59 Å². The van der Waals surface area contributed by atoms with Gasteiger partial charge in [0.25, 0.3) is 0 Å². The lowest BCUT2D eigenvalue weighted by Crippen LogP contribution is -2.37. The fourth-order valence-electron chi connectivity index (χ4n) is 4.83. The standard InChI is InChI=1S/C29H29N3O2S/c1-18-13-20(3)27-25(14-18)35-29(30-27)32(16-22-10-6-5-7-11-22)28(34)23-15-26(33)31(17-23)24-12-8-9-19(2)21(24)4/h5-14,23H,15-17H2,1-4H3. The number of carbonyl (C=O) groups is 2. The minimum absolute atomic E-state index is 0.00696. The lowest BCUT2D eigenvalue weighted by molar-refractivity contribution is -0.124. The quantitative estimate of drug-likeness (QED) is 0.344. The van der Waals surface area contributed by atoms with Gasteiger partial charge in [-0.2, -0.15) is 0 Å². The molecule has 1 aliphatic rings. The van der Waals surface area contributed by atoms with Crippen LogP contribution in [0.1, 0.15) is 34.2 Å². The maximum absolute atomic E-state index is 14.0. The van der Waals surface area contributed by atoms with E-state index in [4.69, 9.17) is 4.98 Å². The topological polar surface area (TPSA) is 53.5 Å². The highest BCUT2D eigenvalue weighted by Crippen LogP contribution is 2.35. The van der Waals surface area contributed by atoms with Gasteiger partial charge in [-0.1, -0.05) is 59.9 Å². The van der Waals surface area contributed by atoms with Crippen LogP contribution in [0, 0.1) is 33.6 Å². The number of hydrogen-bond acceptors (Lipinski definition) is 4. The van der Waals surface area contributed by atoms with Crippen LogP contribution in [0.15, 0.2) is 60.7 Å². The zero-order valence-corrected chi connectivity index (χ0v) is 21.4. The van der Waals surface area contributed by atoms with Gasteiger partial charge in [0.15, 0.2) is 5.13 Å². The molecule has 0 spiro atoms. The SMILES string of the molecule is Cc1cc(C)c2nc(N(Cc3ccccc3)C(=O)C3CC(=O)N(c4cccc(C)c4C)C3)sc2c1. The van der Waals surface area contributed by atoms with Crippen molar-refractivity contribution in [3.05, 3.63) is 88.5 Å². The zero-order chi connectivity index (χ0) is 24.7. The number of anilines is 2. The predicted molar refractivity (Wildman–Crippen MR) is 143 cm³/mol. The third-order valence-electron chi connectivity index (χ3n) is 6.84. The number of hydrogen-bond donors (Lipinski definition) is 0. The van der Waals surface area contributed by atoms with Crippen LogP contribution in [-0.2, 0) is 16.1 Å². The van der Waals surface area contributed by atoms with Gasteiger partial charge in [-0.25, -0.2) is 4.98 Å². The van der Waals surface area contributed by atoms with Crippen molar-refractivity contribution in [1.29, 1.82) is 0 Å². The maximum atomic E-state index is 14.0. The smallest absolute Gasteiger partial charge is 0.234 e. The van der Waals surface area contributed by atoms with Crippen LogP contribution in [-0.4, -0.2) is 23.3 Å². The molecule has 0 N–H and O–H groups in total. The Morgan fingerprint density at radius 2 is 1.80 bits per heavy atom. The minimum Gasteiger partial charge on any atom is -0.311 e. The number of benzene rings is 3. The average molecular weight is 484 g/mol. The van der Waals surface area contributed by atoms with Gasteiger partial charge in [-0.15, -0.1) is 0 Å². The molecular formula is C29H29N3O2S. The normalized spacial score (nSPS) is 15.7. The first-order valence-corrected chi connectivity index (χ1v) is 12.7. The third kappa shape index (κ3) is 4.46. The number of aryl methyl sites for hydroxylation is 3. The predicted octanol–water partition coefficient (Wildman–Crippen LogP) is 6.12. The van der Waals surface area contributed by atoms with E-state index in [-0.39, 0.29) is 18.2 Å². The van der Waals surface area contributed by atoms with Gasteiger partial charge in [0.1, 0.15) is 0 Å². The van der Waals surface area contributed by atoms with E-state index < -0.39 is 5.92 Å². The van der Waals surface area contributed by atoms with E-state index in [9.17, 15) is 9.59 Å². The Morgan fingerprint density at radius 1 is 1.03 bits per heavy atom. The molecule has 3 aromatic carbocycles. The van der Waals surface area contributed by atoms with Crippen LogP contribution in [0.2, 0.25) is 0 Å². The Hall–Kier alpha value is -3.51. The molecule has 1 aliphatic heterocycles. The van der Waals surface area contributed by atoms with Gasteiger partial charge in [-0.05, 0) is 67.6 Å². The second kappa shape index (κ2) is 9.27. The lowest BCUT2D eigenvalue weighted by atomic mass is 10.1. The molecule has 35 heavy (non-hydrogen) atoms. The van der Waals surface area contributed by atoms with Crippen molar-refractivity contribution >= 4 is 44.2 Å². The van der Waals surface area contributed by atoms with Crippen molar-refractivity contribution in [2.24, 2.45) is 5.92 Å². The minimum atomic E-state index is -0.416. The molecule has 1 fully saturated rings. The molecular weight excluding hydrogens is 454 g/mol. The van der Waals surface area contributed by atoms with E-state index in [2.05, 4.69) is 26.0 Å². The summed E-state index contributed by atoms with van der Waals surface area (Å²) in [5.41, 5.74) is 7.35. The van der Waals surface area contributed by atoms with Crippen LogP contribution >= 0.6 is 11.3 Å². The zero-order valence-electron chi connectivity index (χ0n) is 20.5. The van der Waals surface area contributed by atoms with E-state index in [0.29, 0.717) is 18.2 Å². The van der Waals surface area contributed by atoms with Crippen molar-refractivity contribution in [1.82, 2.24) is 4.98 Å². The van der Waals surface area contributed by atoms with Gasteiger partial charge < -0.3 is 4.90 Å². The average Bonchev–Trinajstić information content (AvgIpc) is 3.43. The van der Waals surface area contributed by atoms with Crippen molar-refractivity contribution in [3.63, 3.8) is 0 Å². The van der Waals surface area contributed by atoms with Crippen LogP contribution in [0.25, 0.3) is 10.2 Å². The summed E-state index contributed by atoms with van der Waals surface area (Å²) in [5.74, 6) is -0.475. The van der Waals surface area contributed by atoms with Crippen LogP contribution in [0.4, 0.5) is 10.8 Å². The highest BCUT2D eigenvalue weighted by atomic mass is 32.1. The number of thiazole rings is 1. The molecule has 5 rings (SSSR count). The third-order valence-corrected chi connectivity index (χ3v) is 7.87. The Bertz CT molecular complexity index is 1430. The molecule has 1 aromatic heterocycles. The molecule has 2 heterocycles. The Morgan fingerprint density at radius 3 is 2.57 bits per heavy atom. The molecule has 178 valence electrons. The van der Waals surface area contributed by atoms with Gasteiger partial charge in [0.2, 0.25) is 11.8 Å². The molecule has 0 bridgehead atoms. The number of nitrogens with zero attached hydrogens (tertiary/aromatic N) is 3. The number of aromatic nitrogens is 1. The number of amides is 2. The number of rotatable bonds is 5. The summed E-state index contributed by atoms with van der Waals surface area (Å²) in [6, 6.07) is 20.2. The highest BCUT2D eigenvalue weighted by Gasteiger charge is 2.39. The summed E-state index contributed by atoms with van der Waals surface area (Å²) in [7, 11) is 0. The first kappa shape index (κ1) is 23.2. The molecule has 1 unspecified atom stereocenters. The van der Waals surface area contributed by atoms with Gasteiger partial charge >= 0.3 is 0 Å². The molecule has 1 atom stereocenters. The first-order valence-electron chi connectivity index (χ1n) is 11.9. The number of carbonyl (C=O) groups excluding carboxylic acids is 2. The molecule has 2 amide bonds. The van der Waals surface area contributed by atoms with E-state index in [0.717, 1.165) is 38.2 Å². The highest BCUT2D eigenvalue weighted by molar-refractivity contribution is 7.22. The summed E-state index contributed by atoms with van der Waals surface area (Å²) in [4.78, 5) is 35.4. The summed E-state index contributed by atoms with van der Waals surface area (Å²) >= 11 is 1.54. The monoisotopic (exact) mass is 483 g/mol. The Kier molecular flexibility index (Phi) is 6.15. The van der Waals surface area contributed by atoms with E-state index in [1.807, 2.05) is 62.4 Å². The molecule has 1 saturated heterocycles. The summed E-state index contributed by atoms with van der Waals surface area (Å²) in [6.45, 7) is 9.01. The second-order valence-corrected chi connectivity index (χ2v) is 10.5.